The lowest BCUT2D eigenvalue weighted by atomic mass is 9.79. The van der Waals surface area contributed by atoms with E-state index in [-0.39, 0.29) is 29.4 Å². The molecule has 0 aromatic heterocycles. The van der Waals surface area contributed by atoms with Crippen LogP contribution in [0.15, 0.2) is 12.1 Å². The van der Waals surface area contributed by atoms with Crippen LogP contribution in [0.3, 0.4) is 0 Å². The predicted molar refractivity (Wildman–Crippen MR) is 104 cm³/mol. The van der Waals surface area contributed by atoms with Crippen molar-refractivity contribution in [2.45, 2.75) is 55.1 Å². The zero-order valence-corrected chi connectivity index (χ0v) is 16.9. The van der Waals surface area contributed by atoms with Crippen molar-refractivity contribution in [2.24, 2.45) is 0 Å². The van der Waals surface area contributed by atoms with Crippen LogP contribution in [0, 0.1) is 0 Å². The SMILES string of the molecule is O=C1NC2C(=CC(O)C(O)C2OC2OC(CO)C(O)C(O)C2O)c2cc3c(c(O)c21)OCO3. The first kappa shape index (κ1) is 22.3. The Morgan fingerprint density at radius 3 is 2.55 bits per heavy atom. The van der Waals surface area contributed by atoms with Gasteiger partial charge in [0.15, 0.2) is 17.8 Å². The number of carbonyl (C=O) groups is 1. The second-order valence-electron chi connectivity index (χ2n) is 8.23. The third-order valence-corrected chi connectivity index (χ3v) is 6.30. The van der Waals surface area contributed by atoms with Crippen molar-refractivity contribution in [3.05, 3.63) is 23.3 Å². The largest absolute Gasteiger partial charge is 0.504 e. The second kappa shape index (κ2) is 8.07. The average Bonchev–Trinajstić information content (AvgIpc) is 3.27. The first-order chi connectivity index (χ1) is 15.7. The molecule has 0 bridgehead atoms. The van der Waals surface area contributed by atoms with E-state index in [1.807, 2.05) is 0 Å². The zero-order chi connectivity index (χ0) is 23.6. The number of amides is 1. The molecule has 9 atom stereocenters. The molecule has 0 spiro atoms. The molecular weight excluding hydrogens is 446 g/mol. The summed E-state index contributed by atoms with van der Waals surface area (Å²) in [7, 11) is 0. The molecule has 1 aromatic rings. The standard InChI is InChI=1S/C20H23NO12/c22-3-9-13(25)15(27)16(28)20(32-9)33-18-11-6(1-7(23)12(18)24)5-2-8-17(31-4-30-8)14(26)10(5)19(29)21-11/h1-2,7,9,11-13,15-16,18,20,22-28H,3-4H2,(H,21,29). The molecule has 0 saturated carbocycles. The van der Waals surface area contributed by atoms with Gasteiger partial charge in [0.1, 0.15) is 42.7 Å². The summed E-state index contributed by atoms with van der Waals surface area (Å²) >= 11 is 0. The summed E-state index contributed by atoms with van der Waals surface area (Å²) in [5, 5.41) is 73.9. The number of fused-ring (bicyclic) bond motifs is 4. The highest BCUT2D eigenvalue weighted by molar-refractivity contribution is 6.07. The molecule has 180 valence electrons. The molecule has 33 heavy (non-hydrogen) atoms. The lowest BCUT2D eigenvalue weighted by Gasteiger charge is -2.45. The summed E-state index contributed by atoms with van der Waals surface area (Å²) in [6.07, 6.45) is -11.1. The van der Waals surface area contributed by atoms with E-state index in [0.717, 1.165) is 0 Å². The molecule has 8 N–H and O–H groups in total. The monoisotopic (exact) mass is 469 g/mol. The van der Waals surface area contributed by atoms with Crippen LogP contribution in [0.4, 0.5) is 0 Å². The van der Waals surface area contributed by atoms with E-state index in [1.165, 1.54) is 12.1 Å². The summed E-state index contributed by atoms with van der Waals surface area (Å²) in [5.41, 5.74) is 0.404. The Morgan fingerprint density at radius 2 is 1.82 bits per heavy atom. The number of rotatable bonds is 3. The van der Waals surface area contributed by atoms with Crippen molar-refractivity contribution in [3.63, 3.8) is 0 Å². The highest BCUT2D eigenvalue weighted by Crippen LogP contribution is 2.49. The molecule has 13 heteroatoms. The van der Waals surface area contributed by atoms with Gasteiger partial charge < -0.3 is 60.0 Å². The number of carbonyl (C=O) groups excluding carboxylic acids is 1. The fourth-order valence-electron chi connectivity index (χ4n) is 4.56. The van der Waals surface area contributed by atoms with E-state index in [1.54, 1.807) is 0 Å². The average molecular weight is 469 g/mol. The van der Waals surface area contributed by atoms with Crippen molar-refractivity contribution in [2.75, 3.05) is 13.4 Å². The van der Waals surface area contributed by atoms with E-state index < -0.39 is 73.3 Å². The van der Waals surface area contributed by atoms with Crippen LogP contribution in [0.2, 0.25) is 0 Å². The summed E-state index contributed by atoms with van der Waals surface area (Å²) in [5.74, 6) is -0.959. The van der Waals surface area contributed by atoms with E-state index in [2.05, 4.69) is 5.32 Å². The highest BCUT2D eigenvalue weighted by atomic mass is 16.7. The molecule has 3 heterocycles. The van der Waals surface area contributed by atoms with Gasteiger partial charge in [0.25, 0.3) is 5.91 Å². The molecule has 1 amide bonds. The number of ether oxygens (including phenoxy) is 4. The minimum atomic E-state index is -1.76. The number of nitrogens with one attached hydrogen (secondary N) is 1. The maximum Gasteiger partial charge on any atom is 0.256 e. The molecule has 1 fully saturated rings. The number of aromatic hydroxyl groups is 1. The topological polar surface area (TPSA) is 208 Å². The van der Waals surface area contributed by atoms with E-state index in [9.17, 15) is 40.5 Å². The summed E-state index contributed by atoms with van der Waals surface area (Å²) in [4.78, 5) is 12.9. The Kier molecular flexibility index (Phi) is 5.46. The molecule has 1 aromatic carbocycles. The third-order valence-electron chi connectivity index (χ3n) is 6.30. The number of phenolic OH excluding ortho intramolecular Hbond substituents is 1. The zero-order valence-electron chi connectivity index (χ0n) is 16.9. The number of aliphatic hydroxyl groups is 6. The van der Waals surface area contributed by atoms with Gasteiger partial charge in [-0.2, -0.15) is 0 Å². The van der Waals surface area contributed by atoms with Gasteiger partial charge in [-0.15, -0.1) is 0 Å². The first-order valence-electron chi connectivity index (χ1n) is 10.2. The third kappa shape index (κ3) is 3.36. The van der Waals surface area contributed by atoms with Crippen molar-refractivity contribution < 1.29 is 59.5 Å². The van der Waals surface area contributed by atoms with Crippen molar-refractivity contribution in [1.29, 1.82) is 0 Å². The highest BCUT2D eigenvalue weighted by Gasteiger charge is 2.50. The van der Waals surface area contributed by atoms with E-state index >= 15 is 0 Å². The number of aliphatic hydroxyl groups excluding tert-OH is 6. The predicted octanol–water partition coefficient (Wildman–Crippen LogP) is -3.46. The second-order valence-corrected chi connectivity index (χ2v) is 8.23. The Balaban J connectivity index is 1.50. The Labute approximate surface area is 186 Å². The van der Waals surface area contributed by atoms with Gasteiger partial charge >= 0.3 is 0 Å². The Hall–Kier alpha value is -2.49. The fraction of sp³-hybridized carbons (Fsp3) is 0.550. The number of hydrogen-bond acceptors (Lipinski definition) is 12. The van der Waals surface area contributed by atoms with E-state index in [4.69, 9.17) is 18.9 Å². The van der Waals surface area contributed by atoms with Gasteiger partial charge in [-0.3, -0.25) is 4.79 Å². The molecule has 4 aliphatic rings. The smallest absolute Gasteiger partial charge is 0.256 e. The molecule has 3 aliphatic heterocycles. The minimum Gasteiger partial charge on any atom is -0.504 e. The van der Waals surface area contributed by atoms with Gasteiger partial charge in [-0.25, -0.2) is 0 Å². The molecule has 0 radical (unpaired) electrons. The fourth-order valence-corrected chi connectivity index (χ4v) is 4.56. The normalized spacial score (nSPS) is 39.4. The minimum absolute atomic E-state index is 0.00783. The van der Waals surface area contributed by atoms with Gasteiger partial charge in [-0.1, -0.05) is 0 Å². The van der Waals surface area contributed by atoms with Crippen LogP contribution >= 0.6 is 0 Å². The number of hydrogen-bond donors (Lipinski definition) is 8. The molecule has 1 aliphatic carbocycles. The van der Waals surface area contributed by atoms with Crippen LogP contribution in [0.25, 0.3) is 5.57 Å². The summed E-state index contributed by atoms with van der Waals surface area (Å²) in [6, 6.07) is 0.403. The van der Waals surface area contributed by atoms with Gasteiger partial charge in [0.05, 0.1) is 18.2 Å². The van der Waals surface area contributed by atoms with Crippen molar-refractivity contribution >= 4 is 11.5 Å². The lowest BCUT2D eigenvalue weighted by Crippen LogP contribution is -2.64. The molecule has 1 saturated heterocycles. The van der Waals surface area contributed by atoms with Crippen molar-refractivity contribution in [1.82, 2.24) is 5.32 Å². The van der Waals surface area contributed by atoms with Crippen molar-refractivity contribution in [3.8, 4) is 17.2 Å². The summed E-state index contributed by atoms with van der Waals surface area (Å²) < 4.78 is 21.5. The molecule has 9 unspecified atom stereocenters. The quantitative estimate of drug-likeness (QED) is 0.217. The molecule has 13 nitrogen and oxygen atoms in total. The lowest BCUT2D eigenvalue weighted by molar-refractivity contribution is -0.320. The van der Waals surface area contributed by atoms with Crippen LogP contribution < -0.4 is 14.8 Å². The first-order valence-corrected chi connectivity index (χ1v) is 10.2. The van der Waals surface area contributed by atoms with E-state index in [0.29, 0.717) is 5.57 Å². The van der Waals surface area contributed by atoms with Gasteiger partial charge in [0, 0.05) is 5.56 Å². The summed E-state index contributed by atoms with van der Waals surface area (Å²) in [6.45, 7) is -0.841. The Bertz CT molecular complexity index is 996. The van der Waals surface area contributed by atoms with Crippen LogP contribution in [0.5, 0.6) is 17.2 Å². The van der Waals surface area contributed by atoms with Gasteiger partial charge in [-0.05, 0) is 17.7 Å². The Morgan fingerprint density at radius 1 is 1.06 bits per heavy atom. The number of phenols is 1. The maximum atomic E-state index is 12.9. The van der Waals surface area contributed by atoms with Crippen LogP contribution in [-0.4, -0.2) is 110 Å². The van der Waals surface area contributed by atoms with Crippen LogP contribution in [-0.2, 0) is 9.47 Å². The van der Waals surface area contributed by atoms with Gasteiger partial charge in [0.2, 0.25) is 12.5 Å². The number of benzene rings is 1. The molecular formula is C20H23NO12. The van der Waals surface area contributed by atoms with Crippen LogP contribution in [0.1, 0.15) is 15.9 Å². The maximum absolute atomic E-state index is 12.9. The molecule has 5 rings (SSSR count).